The predicted molar refractivity (Wildman–Crippen MR) is 68.1 cm³/mol. The Morgan fingerprint density at radius 3 is 2.35 bits per heavy atom. The van der Waals surface area contributed by atoms with Crippen LogP contribution in [0, 0.1) is 6.92 Å². The number of aryl methyl sites for hydroxylation is 1. The summed E-state index contributed by atoms with van der Waals surface area (Å²) in [6.07, 6.45) is 4.47. The molecule has 1 aliphatic rings. The third kappa shape index (κ3) is 2.58. The first-order valence-electron chi connectivity index (χ1n) is 6.30. The monoisotopic (exact) mass is 232 g/mol. The number of rotatable bonds is 4. The molecule has 0 atom stereocenters. The lowest BCUT2D eigenvalue weighted by Gasteiger charge is -2.25. The summed E-state index contributed by atoms with van der Waals surface area (Å²) in [5, 5.41) is 0. The molecule has 0 unspecified atom stereocenters. The second-order valence-electron chi connectivity index (χ2n) is 4.99. The van der Waals surface area contributed by atoms with Crippen molar-refractivity contribution in [2.24, 2.45) is 0 Å². The summed E-state index contributed by atoms with van der Waals surface area (Å²) < 4.78 is 5.51. The summed E-state index contributed by atoms with van der Waals surface area (Å²) in [4.78, 5) is 12.3. The number of hydrogen-bond donors (Lipinski definition) is 0. The van der Waals surface area contributed by atoms with Gasteiger partial charge in [-0.2, -0.15) is 0 Å². The van der Waals surface area contributed by atoms with Gasteiger partial charge in [-0.3, -0.25) is 4.79 Å². The van der Waals surface area contributed by atoms with E-state index in [0.29, 0.717) is 6.42 Å². The van der Waals surface area contributed by atoms with Gasteiger partial charge < -0.3 is 4.74 Å². The average molecular weight is 232 g/mol. The Morgan fingerprint density at radius 2 is 1.82 bits per heavy atom. The third-order valence-corrected chi connectivity index (χ3v) is 3.80. The molecule has 1 aromatic rings. The molecule has 0 radical (unpaired) electrons. The second kappa shape index (κ2) is 5.01. The summed E-state index contributed by atoms with van der Waals surface area (Å²) in [5.74, 6) is 0.237. The fraction of sp³-hybridized carbons (Fsp3) is 0.533. The molecule has 1 aliphatic carbocycles. The predicted octanol–water partition coefficient (Wildman–Crippen LogP) is 3.07. The molecule has 1 fully saturated rings. The van der Waals surface area contributed by atoms with E-state index in [-0.39, 0.29) is 5.78 Å². The quantitative estimate of drug-likeness (QED) is 0.797. The van der Waals surface area contributed by atoms with Gasteiger partial charge in [0, 0.05) is 13.5 Å². The summed E-state index contributed by atoms with van der Waals surface area (Å²) in [6, 6.07) is 8.17. The molecule has 0 spiro atoms. The van der Waals surface area contributed by atoms with Crippen LogP contribution in [0.5, 0.6) is 0 Å². The van der Waals surface area contributed by atoms with Crippen molar-refractivity contribution in [1.82, 2.24) is 0 Å². The lowest BCUT2D eigenvalue weighted by molar-refractivity contribution is -0.139. The van der Waals surface area contributed by atoms with Crippen LogP contribution < -0.4 is 0 Å². The molecule has 0 saturated heterocycles. The Labute approximate surface area is 103 Å². The van der Waals surface area contributed by atoms with Crippen LogP contribution in [0.3, 0.4) is 0 Å². The largest absolute Gasteiger partial charge is 0.370 e. The van der Waals surface area contributed by atoms with Crippen LogP contribution in [0.4, 0.5) is 0 Å². The van der Waals surface area contributed by atoms with E-state index in [0.717, 1.165) is 31.2 Å². The van der Waals surface area contributed by atoms with Crippen LogP contribution in [-0.4, -0.2) is 18.5 Å². The zero-order valence-electron chi connectivity index (χ0n) is 10.7. The van der Waals surface area contributed by atoms with Gasteiger partial charge in [0.15, 0.2) is 5.78 Å². The number of carbonyl (C=O) groups excluding carboxylic acids is 1. The second-order valence-corrected chi connectivity index (χ2v) is 4.99. The number of ether oxygens (including phenoxy) is 1. The van der Waals surface area contributed by atoms with E-state index >= 15 is 0 Å². The van der Waals surface area contributed by atoms with Crippen molar-refractivity contribution < 1.29 is 9.53 Å². The van der Waals surface area contributed by atoms with E-state index in [4.69, 9.17) is 4.74 Å². The maximum Gasteiger partial charge on any atom is 0.168 e. The van der Waals surface area contributed by atoms with Gasteiger partial charge in [0.05, 0.1) is 0 Å². The smallest absolute Gasteiger partial charge is 0.168 e. The van der Waals surface area contributed by atoms with Crippen molar-refractivity contribution in [3.8, 4) is 0 Å². The van der Waals surface area contributed by atoms with Crippen LogP contribution >= 0.6 is 0 Å². The van der Waals surface area contributed by atoms with Crippen molar-refractivity contribution in [3.63, 3.8) is 0 Å². The SMILES string of the molecule is COC1(C(=O)Cc2ccc(C)cc2)CCCC1. The lowest BCUT2D eigenvalue weighted by atomic mass is 9.91. The molecule has 0 heterocycles. The molecule has 17 heavy (non-hydrogen) atoms. The molecule has 0 amide bonds. The summed E-state index contributed by atoms with van der Waals surface area (Å²) >= 11 is 0. The van der Waals surface area contributed by atoms with Gasteiger partial charge in [-0.05, 0) is 38.2 Å². The normalized spacial score (nSPS) is 18.2. The van der Waals surface area contributed by atoms with Crippen molar-refractivity contribution in [2.75, 3.05) is 7.11 Å². The number of benzene rings is 1. The Kier molecular flexibility index (Phi) is 3.63. The lowest BCUT2D eigenvalue weighted by Crippen LogP contribution is -2.38. The van der Waals surface area contributed by atoms with E-state index in [9.17, 15) is 4.79 Å². The highest BCUT2D eigenvalue weighted by Crippen LogP contribution is 2.34. The van der Waals surface area contributed by atoms with Gasteiger partial charge in [-0.1, -0.05) is 29.8 Å². The van der Waals surface area contributed by atoms with Gasteiger partial charge in [0.25, 0.3) is 0 Å². The van der Waals surface area contributed by atoms with E-state index in [1.165, 1.54) is 5.56 Å². The summed E-state index contributed by atoms with van der Waals surface area (Å²) in [7, 11) is 1.67. The molecule has 0 aromatic heterocycles. The maximum atomic E-state index is 12.3. The van der Waals surface area contributed by atoms with E-state index in [1.807, 2.05) is 12.1 Å². The molecular formula is C15H20O2. The number of carbonyl (C=O) groups is 1. The average Bonchev–Trinajstić information content (AvgIpc) is 2.82. The topological polar surface area (TPSA) is 26.3 Å². The van der Waals surface area contributed by atoms with Gasteiger partial charge in [-0.25, -0.2) is 0 Å². The van der Waals surface area contributed by atoms with Gasteiger partial charge in [0.2, 0.25) is 0 Å². The first kappa shape index (κ1) is 12.3. The fourth-order valence-corrected chi connectivity index (χ4v) is 2.60. The van der Waals surface area contributed by atoms with Crippen LogP contribution in [-0.2, 0) is 16.0 Å². The number of ketones is 1. The zero-order chi connectivity index (χ0) is 12.3. The van der Waals surface area contributed by atoms with Crippen LogP contribution in [0.15, 0.2) is 24.3 Å². The highest BCUT2D eigenvalue weighted by molar-refractivity contribution is 5.89. The first-order valence-corrected chi connectivity index (χ1v) is 6.30. The standard InChI is InChI=1S/C15H20O2/c1-12-5-7-13(8-6-12)11-14(16)15(17-2)9-3-4-10-15/h5-8H,3-4,9-11H2,1-2H3. The molecule has 0 aliphatic heterocycles. The minimum atomic E-state index is -0.495. The van der Waals surface area contributed by atoms with E-state index in [2.05, 4.69) is 19.1 Å². The molecule has 1 aromatic carbocycles. The first-order chi connectivity index (χ1) is 8.16. The third-order valence-electron chi connectivity index (χ3n) is 3.80. The Balaban J connectivity index is 2.08. The van der Waals surface area contributed by atoms with Crippen molar-refractivity contribution in [2.45, 2.75) is 44.6 Å². The molecule has 0 bridgehead atoms. The molecule has 2 nitrogen and oxygen atoms in total. The highest BCUT2D eigenvalue weighted by Gasteiger charge is 2.40. The van der Waals surface area contributed by atoms with Gasteiger partial charge in [-0.15, -0.1) is 0 Å². The Morgan fingerprint density at radius 1 is 1.24 bits per heavy atom. The molecule has 0 N–H and O–H groups in total. The molecular weight excluding hydrogens is 212 g/mol. The summed E-state index contributed by atoms with van der Waals surface area (Å²) in [5.41, 5.74) is 1.82. The minimum absolute atomic E-state index is 0.237. The minimum Gasteiger partial charge on any atom is -0.370 e. The maximum absolute atomic E-state index is 12.3. The molecule has 2 heteroatoms. The van der Waals surface area contributed by atoms with Crippen LogP contribution in [0.25, 0.3) is 0 Å². The zero-order valence-corrected chi connectivity index (χ0v) is 10.7. The molecule has 1 saturated carbocycles. The number of hydrogen-bond acceptors (Lipinski definition) is 2. The van der Waals surface area contributed by atoms with Crippen LogP contribution in [0.2, 0.25) is 0 Å². The summed E-state index contributed by atoms with van der Waals surface area (Å²) in [6.45, 7) is 2.05. The fourth-order valence-electron chi connectivity index (χ4n) is 2.60. The van der Waals surface area contributed by atoms with E-state index in [1.54, 1.807) is 7.11 Å². The van der Waals surface area contributed by atoms with E-state index < -0.39 is 5.60 Å². The molecule has 92 valence electrons. The van der Waals surface area contributed by atoms with Crippen LogP contribution in [0.1, 0.15) is 36.8 Å². The van der Waals surface area contributed by atoms with Gasteiger partial charge in [0.1, 0.15) is 5.60 Å². The van der Waals surface area contributed by atoms with Gasteiger partial charge >= 0.3 is 0 Å². The Hall–Kier alpha value is -1.15. The van der Waals surface area contributed by atoms with Crippen molar-refractivity contribution in [1.29, 1.82) is 0 Å². The Bertz CT molecular complexity index is 386. The molecule has 2 rings (SSSR count). The number of Topliss-reactive ketones (excluding diaryl/α,β-unsaturated/α-hetero) is 1. The van der Waals surface area contributed by atoms with Crippen molar-refractivity contribution >= 4 is 5.78 Å². The van der Waals surface area contributed by atoms with Crippen molar-refractivity contribution in [3.05, 3.63) is 35.4 Å². The number of methoxy groups -OCH3 is 1. The highest BCUT2D eigenvalue weighted by atomic mass is 16.5.